The summed E-state index contributed by atoms with van der Waals surface area (Å²) in [6.45, 7) is 1.39. The van der Waals surface area contributed by atoms with Crippen molar-refractivity contribution in [1.29, 1.82) is 5.26 Å². The van der Waals surface area contributed by atoms with Gasteiger partial charge >= 0.3 is 5.97 Å². The van der Waals surface area contributed by atoms with Crippen molar-refractivity contribution in [3.8, 4) is 6.07 Å². The van der Waals surface area contributed by atoms with Crippen LogP contribution in [0.15, 0.2) is 24.3 Å². The van der Waals surface area contributed by atoms with Crippen LogP contribution in [-0.4, -0.2) is 36.5 Å². The van der Waals surface area contributed by atoms with E-state index in [4.69, 9.17) is 10.00 Å². The lowest BCUT2D eigenvalue weighted by Crippen LogP contribution is -2.29. The predicted octanol–water partition coefficient (Wildman–Crippen LogP) is 1.34. The third-order valence-electron chi connectivity index (χ3n) is 3.02. The van der Waals surface area contributed by atoms with Crippen LogP contribution in [0.5, 0.6) is 0 Å². The molecule has 1 amide bonds. The second-order valence-electron chi connectivity index (χ2n) is 4.31. The van der Waals surface area contributed by atoms with Crippen LogP contribution < -0.4 is 0 Å². The molecule has 1 heterocycles. The normalized spacial score (nSPS) is 14.3. The van der Waals surface area contributed by atoms with Gasteiger partial charge in [-0.25, -0.2) is 4.79 Å². The van der Waals surface area contributed by atoms with Crippen molar-refractivity contribution in [3.05, 3.63) is 35.4 Å². The third-order valence-corrected chi connectivity index (χ3v) is 3.02. The summed E-state index contributed by atoms with van der Waals surface area (Å²) in [5.41, 5.74) is 0.908. The summed E-state index contributed by atoms with van der Waals surface area (Å²) < 4.78 is 5.10. The van der Waals surface area contributed by atoms with Gasteiger partial charge in [-0.05, 0) is 30.7 Å². The van der Waals surface area contributed by atoms with Gasteiger partial charge in [-0.3, -0.25) is 4.79 Å². The molecule has 1 fully saturated rings. The minimum absolute atomic E-state index is 0.120. The average Bonchev–Trinajstić information content (AvgIpc) is 2.84. The molecule has 0 atom stereocenters. The number of likely N-dealkylation sites (tertiary alicyclic amines) is 1. The Labute approximate surface area is 111 Å². The Hall–Kier alpha value is -2.35. The van der Waals surface area contributed by atoms with Gasteiger partial charge in [-0.15, -0.1) is 0 Å². The lowest BCUT2D eigenvalue weighted by atomic mass is 10.1. The molecule has 0 saturated carbocycles. The van der Waals surface area contributed by atoms with E-state index in [2.05, 4.69) is 0 Å². The number of amides is 1. The van der Waals surface area contributed by atoms with Crippen molar-refractivity contribution < 1.29 is 14.3 Å². The molecule has 5 heteroatoms. The van der Waals surface area contributed by atoms with Crippen molar-refractivity contribution in [2.24, 2.45) is 0 Å². The number of hydrogen-bond acceptors (Lipinski definition) is 4. The predicted molar refractivity (Wildman–Crippen MR) is 67.3 cm³/mol. The molecule has 2 rings (SSSR count). The maximum absolute atomic E-state index is 11.7. The number of rotatable bonds is 4. The van der Waals surface area contributed by atoms with Crippen molar-refractivity contribution in [3.63, 3.8) is 0 Å². The molecule has 0 radical (unpaired) electrons. The van der Waals surface area contributed by atoms with E-state index in [1.165, 1.54) is 0 Å². The van der Waals surface area contributed by atoms with E-state index >= 15 is 0 Å². The molecule has 0 unspecified atom stereocenters. The van der Waals surface area contributed by atoms with Crippen LogP contribution in [0.2, 0.25) is 0 Å². The minimum Gasteiger partial charge on any atom is -0.460 e. The van der Waals surface area contributed by atoms with Crippen LogP contribution >= 0.6 is 0 Å². The van der Waals surface area contributed by atoms with E-state index in [1.807, 2.05) is 6.07 Å². The monoisotopic (exact) mass is 258 g/mol. The molecule has 1 aromatic carbocycles. The van der Waals surface area contributed by atoms with Crippen molar-refractivity contribution in [2.75, 3.05) is 19.7 Å². The highest BCUT2D eigenvalue weighted by Crippen LogP contribution is 2.09. The smallest absolute Gasteiger partial charge is 0.338 e. The van der Waals surface area contributed by atoms with Gasteiger partial charge in [0.05, 0.1) is 23.7 Å². The van der Waals surface area contributed by atoms with Crippen LogP contribution in [0, 0.1) is 11.3 Å². The molecular weight excluding hydrogens is 244 g/mol. The Kier molecular flexibility index (Phi) is 4.14. The van der Waals surface area contributed by atoms with Gasteiger partial charge in [0.2, 0.25) is 5.91 Å². The first-order valence-corrected chi connectivity index (χ1v) is 6.16. The first-order chi connectivity index (χ1) is 9.20. The molecule has 0 bridgehead atoms. The Bertz CT molecular complexity index is 516. The van der Waals surface area contributed by atoms with Crippen LogP contribution in [0.4, 0.5) is 0 Å². The standard InChI is InChI=1S/C14H14N2O3/c15-10-11-3-5-12(6-4-11)14(18)19-9-8-16-7-1-2-13(16)17/h3-6H,1-2,7-9H2. The SMILES string of the molecule is N#Cc1ccc(C(=O)OCCN2CCCC2=O)cc1. The second-order valence-corrected chi connectivity index (χ2v) is 4.31. The third kappa shape index (κ3) is 3.32. The molecular formula is C14H14N2O3. The molecule has 0 aromatic heterocycles. The maximum Gasteiger partial charge on any atom is 0.338 e. The zero-order valence-electron chi connectivity index (χ0n) is 10.5. The summed E-state index contributed by atoms with van der Waals surface area (Å²) in [4.78, 5) is 24.7. The van der Waals surface area contributed by atoms with Crippen molar-refractivity contribution in [2.45, 2.75) is 12.8 Å². The fraction of sp³-hybridized carbons (Fsp3) is 0.357. The molecule has 1 aromatic rings. The average molecular weight is 258 g/mol. The topological polar surface area (TPSA) is 70.4 Å². The number of hydrogen-bond donors (Lipinski definition) is 0. The van der Waals surface area contributed by atoms with Gasteiger partial charge < -0.3 is 9.64 Å². The molecule has 19 heavy (non-hydrogen) atoms. The number of nitrogens with zero attached hydrogens (tertiary/aromatic N) is 2. The highest BCUT2D eigenvalue weighted by atomic mass is 16.5. The summed E-state index contributed by atoms with van der Waals surface area (Å²) in [5, 5.41) is 8.65. The fourth-order valence-electron chi connectivity index (χ4n) is 1.95. The highest BCUT2D eigenvalue weighted by Gasteiger charge is 2.19. The largest absolute Gasteiger partial charge is 0.460 e. The summed E-state index contributed by atoms with van der Waals surface area (Å²) in [7, 11) is 0. The molecule has 0 spiro atoms. The Morgan fingerprint density at radius 2 is 2.11 bits per heavy atom. The number of nitriles is 1. The lowest BCUT2D eigenvalue weighted by Gasteiger charge is -2.15. The van der Waals surface area contributed by atoms with Crippen molar-refractivity contribution >= 4 is 11.9 Å². The molecule has 98 valence electrons. The van der Waals surface area contributed by atoms with Crippen molar-refractivity contribution in [1.82, 2.24) is 4.90 Å². The zero-order chi connectivity index (χ0) is 13.7. The summed E-state index contributed by atoms with van der Waals surface area (Å²) in [5.74, 6) is -0.314. The van der Waals surface area contributed by atoms with Gasteiger partial charge in [0.1, 0.15) is 6.61 Å². The van der Waals surface area contributed by atoms with Crippen LogP contribution in [-0.2, 0) is 9.53 Å². The van der Waals surface area contributed by atoms with E-state index in [1.54, 1.807) is 29.2 Å². The van der Waals surface area contributed by atoms with Crippen LogP contribution in [0.25, 0.3) is 0 Å². The Morgan fingerprint density at radius 3 is 2.68 bits per heavy atom. The first-order valence-electron chi connectivity index (χ1n) is 6.16. The fourth-order valence-corrected chi connectivity index (χ4v) is 1.95. The molecule has 1 aliphatic rings. The van der Waals surface area contributed by atoms with E-state index in [0.29, 0.717) is 24.1 Å². The molecule has 0 N–H and O–H groups in total. The molecule has 5 nitrogen and oxygen atoms in total. The summed E-state index contributed by atoms with van der Waals surface area (Å²) in [6, 6.07) is 8.24. The highest BCUT2D eigenvalue weighted by molar-refractivity contribution is 5.89. The molecule has 0 aliphatic carbocycles. The van der Waals surface area contributed by atoms with E-state index in [0.717, 1.165) is 13.0 Å². The number of benzene rings is 1. The summed E-state index contributed by atoms with van der Waals surface area (Å²) >= 11 is 0. The minimum atomic E-state index is -0.434. The summed E-state index contributed by atoms with van der Waals surface area (Å²) in [6.07, 6.45) is 1.46. The lowest BCUT2D eigenvalue weighted by molar-refractivity contribution is -0.128. The number of carbonyl (C=O) groups excluding carboxylic acids is 2. The molecule has 1 saturated heterocycles. The number of carbonyl (C=O) groups is 2. The van der Waals surface area contributed by atoms with Gasteiger partial charge in [-0.2, -0.15) is 5.26 Å². The van der Waals surface area contributed by atoms with Gasteiger partial charge in [-0.1, -0.05) is 0 Å². The van der Waals surface area contributed by atoms with Crippen LogP contribution in [0.1, 0.15) is 28.8 Å². The zero-order valence-corrected chi connectivity index (χ0v) is 10.5. The van der Waals surface area contributed by atoms with E-state index in [-0.39, 0.29) is 12.5 Å². The van der Waals surface area contributed by atoms with Gasteiger partial charge in [0, 0.05) is 13.0 Å². The van der Waals surface area contributed by atoms with Gasteiger partial charge in [0.25, 0.3) is 0 Å². The Balaban J connectivity index is 1.80. The number of ether oxygens (including phenoxy) is 1. The van der Waals surface area contributed by atoms with E-state index in [9.17, 15) is 9.59 Å². The number of esters is 1. The van der Waals surface area contributed by atoms with Gasteiger partial charge in [0.15, 0.2) is 0 Å². The van der Waals surface area contributed by atoms with Crippen LogP contribution in [0.3, 0.4) is 0 Å². The quantitative estimate of drug-likeness (QED) is 0.764. The second kappa shape index (κ2) is 6.01. The maximum atomic E-state index is 11.7. The first kappa shape index (κ1) is 13.1. The Morgan fingerprint density at radius 1 is 1.37 bits per heavy atom. The molecule has 1 aliphatic heterocycles. The van der Waals surface area contributed by atoms with E-state index < -0.39 is 5.97 Å².